The number of unbranched alkanes of at least 4 members (excludes halogenated alkanes) is 27. The van der Waals surface area contributed by atoms with Crippen molar-refractivity contribution < 1.29 is 28.6 Å². The normalized spacial score (nSPS) is 12.7. The molecule has 0 rings (SSSR count). The molecule has 0 aliphatic rings. The maximum absolute atomic E-state index is 12.9. The monoisotopic (exact) mass is 961 g/mol. The summed E-state index contributed by atoms with van der Waals surface area (Å²) < 4.78 is 16.9. The Morgan fingerprint density at radius 1 is 0.304 bits per heavy atom. The van der Waals surface area contributed by atoms with E-state index in [2.05, 4.69) is 106 Å². The predicted octanol–water partition coefficient (Wildman–Crippen LogP) is 19.5. The summed E-state index contributed by atoms with van der Waals surface area (Å²) in [5.41, 5.74) is 0. The molecule has 0 fully saturated rings. The lowest BCUT2D eigenvalue weighted by molar-refractivity contribution is -0.167. The SMILES string of the molecule is CC/C=C\C/C=C\C/C=C\C/C=C\CCCCCCCCCCC(=O)OCC(COC(=O)CCCCCCC/C=C\CCCCCC)OC(=O)CCCCCCCCC/C=C\C/C=C\CCCCC. The highest BCUT2D eigenvalue weighted by molar-refractivity contribution is 5.71. The minimum absolute atomic E-state index is 0.0863. The molecule has 0 aromatic rings. The van der Waals surface area contributed by atoms with Crippen molar-refractivity contribution in [1.82, 2.24) is 0 Å². The molecule has 0 spiro atoms. The van der Waals surface area contributed by atoms with E-state index in [9.17, 15) is 14.4 Å². The summed E-state index contributed by atoms with van der Waals surface area (Å²) in [7, 11) is 0. The van der Waals surface area contributed by atoms with E-state index in [0.717, 1.165) is 109 Å². The third-order valence-electron chi connectivity index (χ3n) is 12.4. The van der Waals surface area contributed by atoms with Crippen molar-refractivity contribution in [2.45, 2.75) is 284 Å². The van der Waals surface area contributed by atoms with Gasteiger partial charge in [-0.05, 0) is 116 Å². The van der Waals surface area contributed by atoms with Crippen LogP contribution in [0.25, 0.3) is 0 Å². The molecule has 6 heteroatoms. The molecule has 0 radical (unpaired) electrons. The van der Waals surface area contributed by atoms with Crippen LogP contribution in [0.5, 0.6) is 0 Å². The van der Waals surface area contributed by atoms with Crippen LogP contribution >= 0.6 is 0 Å². The molecule has 0 amide bonds. The summed E-state index contributed by atoms with van der Waals surface area (Å²) in [5, 5.41) is 0. The van der Waals surface area contributed by atoms with E-state index in [4.69, 9.17) is 14.2 Å². The smallest absolute Gasteiger partial charge is 0.306 e. The molecule has 396 valence electrons. The van der Waals surface area contributed by atoms with Crippen LogP contribution in [0, 0.1) is 0 Å². The molecule has 0 heterocycles. The maximum atomic E-state index is 12.9. The second kappa shape index (κ2) is 57.2. The molecule has 0 aromatic heterocycles. The number of carbonyl (C=O) groups excluding carboxylic acids is 3. The van der Waals surface area contributed by atoms with Gasteiger partial charge in [-0.3, -0.25) is 14.4 Å². The minimum atomic E-state index is -0.788. The summed E-state index contributed by atoms with van der Waals surface area (Å²) in [6, 6.07) is 0. The standard InChI is InChI=1S/C63H108O6/c1-4-7-10-13-16-19-22-25-27-29-30-31-32-34-35-38-41-44-47-50-53-56-62(65)68-59-60(58-67-61(64)55-52-49-46-43-40-37-24-21-18-15-12-9-6-3)69-63(66)57-54-51-48-45-42-39-36-33-28-26-23-20-17-14-11-8-5-2/h7,10,16-17,19-21,24-28,30-31,60H,4-6,8-9,11-15,18,22-23,29,32-59H2,1-3H3/b10-7-,19-16-,20-17-,24-21-,27-25-,28-26-,31-30-. The van der Waals surface area contributed by atoms with Gasteiger partial charge in [-0.1, -0.05) is 228 Å². The third-order valence-corrected chi connectivity index (χ3v) is 12.4. The molecule has 1 atom stereocenters. The van der Waals surface area contributed by atoms with Gasteiger partial charge in [-0.2, -0.15) is 0 Å². The zero-order chi connectivity index (χ0) is 50.0. The molecule has 0 aromatic carbocycles. The van der Waals surface area contributed by atoms with Crippen molar-refractivity contribution in [3.05, 3.63) is 85.1 Å². The van der Waals surface area contributed by atoms with Gasteiger partial charge in [0.15, 0.2) is 6.10 Å². The van der Waals surface area contributed by atoms with Gasteiger partial charge in [0.1, 0.15) is 13.2 Å². The molecule has 0 saturated heterocycles. The molecule has 0 bridgehead atoms. The van der Waals surface area contributed by atoms with Gasteiger partial charge in [0.2, 0.25) is 0 Å². The van der Waals surface area contributed by atoms with E-state index >= 15 is 0 Å². The summed E-state index contributed by atoms with van der Waals surface area (Å²) in [6.45, 7) is 6.48. The number of hydrogen-bond acceptors (Lipinski definition) is 6. The second-order valence-corrected chi connectivity index (χ2v) is 19.2. The highest BCUT2D eigenvalue weighted by Gasteiger charge is 2.19. The minimum Gasteiger partial charge on any atom is -0.462 e. The van der Waals surface area contributed by atoms with Gasteiger partial charge >= 0.3 is 17.9 Å². The van der Waals surface area contributed by atoms with Crippen LogP contribution in [0.3, 0.4) is 0 Å². The fourth-order valence-corrected chi connectivity index (χ4v) is 7.99. The van der Waals surface area contributed by atoms with Crippen molar-refractivity contribution in [3.63, 3.8) is 0 Å². The first-order valence-electron chi connectivity index (χ1n) is 29.1. The van der Waals surface area contributed by atoms with Gasteiger partial charge in [0, 0.05) is 19.3 Å². The Labute approximate surface area is 426 Å². The number of ether oxygens (including phenoxy) is 3. The van der Waals surface area contributed by atoms with E-state index in [1.165, 1.54) is 128 Å². The summed E-state index contributed by atoms with van der Waals surface area (Å²) in [5.74, 6) is -0.904. The lowest BCUT2D eigenvalue weighted by Crippen LogP contribution is -2.30. The third kappa shape index (κ3) is 55.4. The fourth-order valence-electron chi connectivity index (χ4n) is 7.99. The van der Waals surface area contributed by atoms with E-state index < -0.39 is 6.10 Å². The van der Waals surface area contributed by atoms with Crippen molar-refractivity contribution in [2.24, 2.45) is 0 Å². The van der Waals surface area contributed by atoms with Crippen molar-refractivity contribution in [3.8, 4) is 0 Å². The van der Waals surface area contributed by atoms with Crippen LogP contribution in [0.15, 0.2) is 85.1 Å². The Kier molecular flexibility index (Phi) is 54.3. The molecule has 69 heavy (non-hydrogen) atoms. The van der Waals surface area contributed by atoms with Crippen LogP contribution in [0.2, 0.25) is 0 Å². The first kappa shape index (κ1) is 65.6. The number of rotatable bonds is 52. The Morgan fingerprint density at radius 2 is 0.565 bits per heavy atom. The quantitative estimate of drug-likeness (QED) is 0.0262. The molecule has 0 aliphatic carbocycles. The average Bonchev–Trinajstić information content (AvgIpc) is 3.35. The second-order valence-electron chi connectivity index (χ2n) is 19.2. The summed E-state index contributed by atoms with van der Waals surface area (Å²) in [4.78, 5) is 38.2. The van der Waals surface area contributed by atoms with Crippen molar-refractivity contribution >= 4 is 17.9 Å². The molecular formula is C63H108O6. The van der Waals surface area contributed by atoms with Gasteiger partial charge in [0.25, 0.3) is 0 Å². The molecule has 0 saturated carbocycles. The van der Waals surface area contributed by atoms with Crippen LogP contribution in [-0.4, -0.2) is 37.2 Å². The number of hydrogen-bond donors (Lipinski definition) is 0. The topological polar surface area (TPSA) is 78.9 Å². The Morgan fingerprint density at radius 3 is 0.928 bits per heavy atom. The lowest BCUT2D eigenvalue weighted by atomic mass is 10.1. The highest BCUT2D eigenvalue weighted by Crippen LogP contribution is 2.15. The zero-order valence-corrected chi connectivity index (χ0v) is 45.3. The predicted molar refractivity (Wildman–Crippen MR) is 297 cm³/mol. The zero-order valence-electron chi connectivity index (χ0n) is 45.3. The van der Waals surface area contributed by atoms with Crippen molar-refractivity contribution in [2.75, 3.05) is 13.2 Å². The fraction of sp³-hybridized carbons (Fsp3) is 0.730. The van der Waals surface area contributed by atoms with E-state index in [-0.39, 0.29) is 31.1 Å². The number of esters is 3. The first-order valence-corrected chi connectivity index (χ1v) is 29.1. The Balaban J connectivity index is 4.39. The molecule has 0 N–H and O–H groups in total. The number of allylic oxidation sites excluding steroid dienone is 14. The van der Waals surface area contributed by atoms with Gasteiger partial charge in [-0.15, -0.1) is 0 Å². The van der Waals surface area contributed by atoms with Gasteiger partial charge in [0.05, 0.1) is 0 Å². The van der Waals surface area contributed by atoms with Crippen LogP contribution in [0.1, 0.15) is 278 Å². The highest BCUT2D eigenvalue weighted by atomic mass is 16.6. The Hall–Kier alpha value is -3.41. The number of carbonyl (C=O) groups is 3. The van der Waals surface area contributed by atoms with Crippen molar-refractivity contribution in [1.29, 1.82) is 0 Å². The average molecular weight is 962 g/mol. The summed E-state index contributed by atoms with van der Waals surface area (Å²) in [6.07, 6.45) is 74.2. The lowest BCUT2D eigenvalue weighted by Gasteiger charge is -2.18. The van der Waals surface area contributed by atoms with E-state index in [1.54, 1.807) is 0 Å². The first-order chi connectivity index (χ1) is 34.0. The maximum Gasteiger partial charge on any atom is 0.306 e. The van der Waals surface area contributed by atoms with Crippen LogP contribution < -0.4 is 0 Å². The van der Waals surface area contributed by atoms with E-state index in [0.29, 0.717) is 19.3 Å². The van der Waals surface area contributed by atoms with Gasteiger partial charge in [-0.25, -0.2) is 0 Å². The summed E-state index contributed by atoms with van der Waals surface area (Å²) >= 11 is 0. The molecule has 6 nitrogen and oxygen atoms in total. The largest absolute Gasteiger partial charge is 0.462 e. The Bertz CT molecular complexity index is 1330. The molecule has 1 unspecified atom stereocenters. The van der Waals surface area contributed by atoms with Gasteiger partial charge < -0.3 is 14.2 Å². The molecular weight excluding hydrogens is 853 g/mol. The molecule has 0 aliphatic heterocycles. The van der Waals surface area contributed by atoms with Crippen LogP contribution in [-0.2, 0) is 28.6 Å². The van der Waals surface area contributed by atoms with Crippen LogP contribution in [0.4, 0.5) is 0 Å². The van der Waals surface area contributed by atoms with E-state index in [1.807, 2.05) is 0 Å².